The lowest BCUT2D eigenvalue weighted by Crippen LogP contribution is -2.25. The molecule has 0 fully saturated rings. The van der Waals surface area contributed by atoms with Crippen LogP contribution in [0.1, 0.15) is 28.4 Å². The van der Waals surface area contributed by atoms with Crippen LogP contribution >= 0.6 is 0 Å². The Labute approximate surface area is 126 Å². The van der Waals surface area contributed by atoms with E-state index in [1.54, 1.807) is 0 Å². The van der Waals surface area contributed by atoms with Gasteiger partial charge in [-0.1, -0.05) is 29.8 Å². The fraction of sp³-hybridized carbons (Fsp3) is 0.278. The third-order valence-electron chi connectivity index (χ3n) is 3.31. The zero-order valence-electron chi connectivity index (χ0n) is 12.6. The van der Waals surface area contributed by atoms with Crippen molar-refractivity contribution in [3.05, 3.63) is 65.2 Å². The van der Waals surface area contributed by atoms with Gasteiger partial charge in [-0.05, 0) is 50.1 Å². The van der Waals surface area contributed by atoms with Gasteiger partial charge in [-0.3, -0.25) is 4.79 Å². The summed E-state index contributed by atoms with van der Waals surface area (Å²) in [4.78, 5) is 12.0. The van der Waals surface area contributed by atoms with Crippen molar-refractivity contribution in [2.75, 3.05) is 18.4 Å². The number of hydrogen-bond acceptors (Lipinski definition) is 2. The second-order valence-electron chi connectivity index (χ2n) is 5.10. The van der Waals surface area contributed by atoms with Gasteiger partial charge in [0.15, 0.2) is 0 Å². The number of amides is 1. The highest BCUT2D eigenvalue weighted by Gasteiger charge is 2.04. The average molecular weight is 282 g/mol. The molecule has 1 amide bonds. The number of carbonyl (C=O) groups is 1. The SMILES string of the molecule is CCNc1ccc(C(=O)NCCc2cccc(C)c2)cc1. The molecule has 2 aromatic rings. The molecule has 0 spiro atoms. The summed E-state index contributed by atoms with van der Waals surface area (Å²) < 4.78 is 0. The van der Waals surface area contributed by atoms with Gasteiger partial charge < -0.3 is 10.6 Å². The Bertz CT molecular complexity index is 590. The standard InChI is InChI=1S/C18H22N2O/c1-3-19-17-9-7-16(8-10-17)18(21)20-12-11-15-6-4-5-14(2)13-15/h4-10,13,19H,3,11-12H2,1-2H3,(H,20,21). The maximum absolute atomic E-state index is 12.0. The van der Waals surface area contributed by atoms with Crippen molar-refractivity contribution in [1.29, 1.82) is 0 Å². The van der Waals surface area contributed by atoms with E-state index in [2.05, 4.69) is 35.8 Å². The van der Waals surface area contributed by atoms with Crippen molar-refractivity contribution in [2.45, 2.75) is 20.3 Å². The quantitative estimate of drug-likeness (QED) is 0.852. The average Bonchev–Trinajstić information content (AvgIpc) is 2.48. The van der Waals surface area contributed by atoms with Gasteiger partial charge in [-0.15, -0.1) is 0 Å². The summed E-state index contributed by atoms with van der Waals surface area (Å²) in [6.07, 6.45) is 0.850. The number of aryl methyl sites for hydroxylation is 1. The Morgan fingerprint density at radius 3 is 2.52 bits per heavy atom. The normalized spacial score (nSPS) is 10.2. The molecule has 2 rings (SSSR count). The van der Waals surface area contributed by atoms with Gasteiger partial charge in [0.2, 0.25) is 0 Å². The number of rotatable bonds is 6. The van der Waals surface area contributed by atoms with Gasteiger partial charge in [0, 0.05) is 24.3 Å². The summed E-state index contributed by atoms with van der Waals surface area (Å²) >= 11 is 0. The van der Waals surface area contributed by atoms with Crippen molar-refractivity contribution >= 4 is 11.6 Å². The first-order chi connectivity index (χ1) is 10.2. The maximum atomic E-state index is 12.0. The summed E-state index contributed by atoms with van der Waals surface area (Å²) in [6, 6.07) is 15.9. The van der Waals surface area contributed by atoms with Crippen LogP contribution in [0.2, 0.25) is 0 Å². The van der Waals surface area contributed by atoms with Crippen LogP contribution in [-0.2, 0) is 6.42 Å². The summed E-state index contributed by atoms with van der Waals surface area (Å²) in [6.45, 7) is 5.65. The summed E-state index contributed by atoms with van der Waals surface area (Å²) in [7, 11) is 0. The lowest BCUT2D eigenvalue weighted by Gasteiger charge is -2.07. The molecule has 2 aromatic carbocycles. The van der Waals surface area contributed by atoms with Crippen molar-refractivity contribution in [2.24, 2.45) is 0 Å². The zero-order valence-corrected chi connectivity index (χ0v) is 12.6. The Balaban J connectivity index is 1.84. The first kappa shape index (κ1) is 15.1. The largest absolute Gasteiger partial charge is 0.385 e. The molecule has 0 unspecified atom stereocenters. The molecule has 0 saturated carbocycles. The predicted octanol–water partition coefficient (Wildman–Crippen LogP) is 3.40. The maximum Gasteiger partial charge on any atom is 0.251 e. The number of carbonyl (C=O) groups excluding carboxylic acids is 1. The molecular formula is C18H22N2O. The van der Waals surface area contributed by atoms with Gasteiger partial charge >= 0.3 is 0 Å². The van der Waals surface area contributed by atoms with Gasteiger partial charge in [0.05, 0.1) is 0 Å². The summed E-state index contributed by atoms with van der Waals surface area (Å²) in [5.74, 6) is -0.0225. The second-order valence-corrected chi connectivity index (χ2v) is 5.10. The highest BCUT2D eigenvalue weighted by molar-refractivity contribution is 5.94. The van der Waals surface area contributed by atoms with Crippen molar-refractivity contribution < 1.29 is 4.79 Å². The number of hydrogen-bond donors (Lipinski definition) is 2. The molecule has 0 bridgehead atoms. The van der Waals surface area contributed by atoms with Crippen LogP contribution in [0.5, 0.6) is 0 Å². The monoisotopic (exact) mass is 282 g/mol. The molecule has 0 aliphatic rings. The first-order valence-corrected chi connectivity index (χ1v) is 7.36. The third kappa shape index (κ3) is 4.63. The molecule has 0 atom stereocenters. The molecule has 0 aromatic heterocycles. The van der Waals surface area contributed by atoms with E-state index in [1.165, 1.54) is 11.1 Å². The minimum atomic E-state index is -0.0225. The van der Waals surface area contributed by atoms with Crippen molar-refractivity contribution in [3.63, 3.8) is 0 Å². The topological polar surface area (TPSA) is 41.1 Å². The molecule has 3 heteroatoms. The molecule has 0 radical (unpaired) electrons. The Morgan fingerprint density at radius 2 is 1.86 bits per heavy atom. The van der Waals surface area contributed by atoms with E-state index in [-0.39, 0.29) is 5.91 Å². The number of benzene rings is 2. The minimum absolute atomic E-state index is 0.0225. The summed E-state index contributed by atoms with van der Waals surface area (Å²) in [5.41, 5.74) is 4.23. The number of anilines is 1. The lowest BCUT2D eigenvalue weighted by atomic mass is 10.1. The van der Waals surface area contributed by atoms with Gasteiger partial charge in [-0.2, -0.15) is 0 Å². The van der Waals surface area contributed by atoms with E-state index in [9.17, 15) is 4.79 Å². The van der Waals surface area contributed by atoms with Crippen molar-refractivity contribution in [3.8, 4) is 0 Å². The summed E-state index contributed by atoms with van der Waals surface area (Å²) in [5, 5.41) is 6.17. The van der Waals surface area contributed by atoms with E-state index in [1.807, 2.05) is 37.3 Å². The van der Waals surface area contributed by atoms with Gasteiger partial charge in [-0.25, -0.2) is 0 Å². The van der Waals surface area contributed by atoms with Crippen LogP contribution in [0.25, 0.3) is 0 Å². The fourth-order valence-corrected chi connectivity index (χ4v) is 2.23. The van der Waals surface area contributed by atoms with Crippen LogP contribution in [0.3, 0.4) is 0 Å². The molecule has 110 valence electrons. The van der Waals surface area contributed by atoms with Crippen LogP contribution in [0.4, 0.5) is 5.69 Å². The number of nitrogens with one attached hydrogen (secondary N) is 2. The third-order valence-corrected chi connectivity index (χ3v) is 3.31. The molecular weight excluding hydrogens is 260 g/mol. The molecule has 0 heterocycles. The minimum Gasteiger partial charge on any atom is -0.385 e. The molecule has 3 nitrogen and oxygen atoms in total. The van der Waals surface area contributed by atoms with Crippen LogP contribution in [0, 0.1) is 6.92 Å². The van der Waals surface area contributed by atoms with Crippen molar-refractivity contribution in [1.82, 2.24) is 5.32 Å². The van der Waals surface area contributed by atoms with E-state index in [0.717, 1.165) is 18.7 Å². The first-order valence-electron chi connectivity index (χ1n) is 7.36. The molecule has 0 aliphatic carbocycles. The van der Waals surface area contributed by atoms with Crippen LogP contribution in [-0.4, -0.2) is 19.0 Å². The molecule has 0 aliphatic heterocycles. The van der Waals surface area contributed by atoms with E-state index in [4.69, 9.17) is 0 Å². The van der Waals surface area contributed by atoms with Crippen LogP contribution < -0.4 is 10.6 Å². The predicted molar refractivity (Wildman–Crippen MR) is 87.8 cm³/mol. The Hall–Kier alpha value is -2.29. The van der Waals surface area contributed by atoms with E-state index < -0.39 is 0 Å². The van der Waals surface area contributed by atoms with Crippen LogP contribution in [0.15, 0.2) is 48.5 Å². The Kier molecular flexibility index (Phi) is 5.38. The second kappa shape index (κ2) is 7.48. The lowest BCUT2D eigenvalue weighted by molar-refractivity contribution is 0.0954. The van der Waals surface area contributed by atoms with Gasteiger partial charge in [0.25, 0.3) is 5.91 Å². The van der Waals surface area contributed by atoms with E-state index >= 15 is 0 Å². The fourth-order valence-electron chi connectivity index (χ4n) is 2.23. The molecule has 2 N–H and O–H groups in total. The highest BCUT2D eigenvalue weighted by atomic mass is 16.1. The molecule has 21 heavy (non-hydrogen) atoms. The van der Waals surface area contributed by atoms with E-state index in [0.29, 0.717) is 12.1 Å². The molecule has 0 saturated heterocycles. The smallest absolute Gasteiger partial charge is 0.251 e. The van der Waals surface area contributed by atoms with Gasteiger partial charge in [0.1, 0.15) is 0 Å². The highest BCUT2D eigenvalue weighted by Crippen LogP contribution is 2.09. The Morgan fingerprint density at radius 1 is 1.10 bits per heavy atom. The zero-order chi connectivity index (χ0) is 15.1.